The molecule has 1 aromatic heterocycles. The molecule has 1 heterocycles. The Kier molecular flexibility index (Phi) is 4.18. The molecule has 0 radical (unpaired) electrons. The normalized spacial score (nSPS) is 12.2. The number of ether oxygens (including phenoxy) is 1. The Morgan fingerprint density at radius 3 is 2.39 bits per heavy atom. The summed E-state index contributed by atoms with van der Waals surface area (Å²) in [6.07, 6.45) is 1.72. The van der Waals surface area contributed by atoms with E-state index in [1.807, 2.05) is 6.92 Å². The average molecular weight is 264 g/mol. The lowest BCUT2D eigenvalue weighted by Gasteiger charge is -2.09. The predicted molar refractivity (Wildman–Crippen MR) is 71.0 cm³/mol. The number of rotatable bonds is 4. The van der Waals surface area contributed by atoms with Crippen molar-refractivity contribution in [3.05, 3.63) is 53.3 Å². The van der Waals surface area contributed by atoms with Gasteiger partial charge in [0, 0.05) is 5.02 Å². The van der Waals surface area contributed by atoms with Gasteiger partial charge in [-0.1, -0.05) is 18.5 Å². The summed E-state index contributed by atoms with van der Waals surface area (Å²) >= 11 is 5.79. The maximum absolute atomic E-state index is 9.62. The summed E-state index contributed by atoms with van der Waals surface area (Å²) < 4.78 is 5.60. The molecule has 1 N–H and O–H groups in total. The van der Waals surface area contributed by atoms with E-state index in [2.05, 4.69) is 4.98 Å². The van der Waals surface area contributed by atoms with Crippen LogP contribution in [0.1, 0.15) is 25.1 Å². The van der Waals surface area contributed by atoms with E-state index in [0.717, 1.165) is 0 Å². The van der Waals surface area contributed by atoms with Gasteiger partial charge in [0.1, 0.15) is 11.5 Å². The Balaban J connectivity index is 2.08. The van der Waals surface area contributed by atoms with Crippen molar-refractivity contribution in [1.29, 1.82) is 0 Å². The third-order valence-corrected chi connectivity index (χ3v) is 2.79. The standard InChI is InChI=1S/C14H14ClNO2/c1-2-14(17)13-8-7-12(9-16-13)18-11-5-3-10(15)4-6-11/h3-9,14,17H,2H2,1H3/t14-/m1/s1. The third-order valence-electron chi connectivity index (χ3n) is 2.54. The van der Waals surface area contributed by atoms with E-state index >= 15 is 0 Å². The molecule has 18 heavy (non-hydrogen) atoms. The fourth-order valence-electron chi connectivity index (χ4n) is 1.50. The number of aliphatic hydroxyl groups is 1. The average Bonchev–Trinajstić information content (AvgIpc) is 2.41. The molecule has 2 rings (SSSR count). The lowest BCUT2D eigenvalue weighted by Crippen LogP contribution is -1.98. The molecule has 1 atom stereocenters. The van der Waals surface area contributed by atoms with Crippen LogP contribution in [0.15, 0.2) is 42.6 Å². The molecule has 4 heteroatoms. The highest BCUT2D eigenvalue weighted by Gasteiger charge is 2.06. The summed E-state index contributed by atoms with van der Waals surface area (Å²) in [5, 5.41) is 10.3. The monoisotopic (exact) mass is 263 g/mol. The predicted octanol–water partition coefficient (Wildman–Crippen LogP) is 3.97. The lowest BCUT2D eigenvalue weighted by molar-refractivity contribution is 0.169. The van der Waals surface area contributed by atoms with Gasteiger partial charge in [-0.25, -0.2) is 0 Å². The van der Waals surface area contributed by atoms with Gasteiger partial charge in [-0.15, -0.1) is 0 Å². The fourth-order valence-corrected chi connectivity index (χ4v) is 1.62. The van der Waals surface area contributed by atoms with Gasteiger partial charge in [-0.3, -0.25) is 4.98 Å². The Hall–Kier alpha value is -1.58. The maximum Gasteiger partial charge on any atom is 0.145 e. The van der Waals surface area contributed by atoms with Gasteiger partial charge in [0.25, 0.3) is 0 Å². The highest BCUT2D eigenvalue weighted by molar-refractivity contribution is 6.30. The third kappa shape index (κ3) is 3.22. The zero-order valence-electron chi connectivity index (χ0n) is 10.0. The van der Waals surface area contributed by atoms with E-state index < -0.39 is 6.10 Å². The lowest BCUT2D eigenvalue weighted by atomic mass is 10.2. The van der Waals surface area contributed by atoms with Crippen LogP contribution in [0.2, 0.25) is 5.02 Å². The maximum atomic E-state index is 9.62. The van der Waals surface area contributed by atoms with Crippen molar-refractivity contribution in [2.75, 3.05) is 0 Å². The highest BCUT2D eigenvalue weighted by atomic mass is 35.5. The van der Waals surface area contributed by atoms with Crippen LogP contribution in [0.25, 0.3) is 0 Å². The van der Waals surface area contributed by atoms with Crippen LogP contribution < -0.4 is 4.74 Å². The van der Waals surface area contributed by atoms with Crippen molar-refractivity contribution < 1.29 is 9.84 Å². The van der Waals surface area contributed by atoms with Crippen LogP contribution in [0.4, 0.5) is 0 Å². The smallest absolute Gasteiger partial charge is 0.145 e. The molecule has 0 aliphatic heterocycles. The summed E-state index contributed by atoms with van der Waals surface area (Å²) in [5.74, 6) is 1.33. The second kappa shape index (κ2) is 5.85. The molecule has 2 aromatic rings. The Morgan fingerprint density at radius 2 is 1.83 bits per heavy atom. The molecule has 0 amide bonds. The summed E-state index contributed by atoms with van der Waals surface area (Å²) in [6.45, 7) is 1.91. The molecule has 0 spiro atoms. The summed E-state index contributed by atoms with van der Waals surface area (Å²) in [6, 6.07) is 10.7. The topological polar surface area (TPSA) is 42.4 Å². The van der Waals surface area contributed by atoms with Gasteiger partial charge in [0.05, 0.1) is 18.0 Å². The first-order valence-corrected chi connectivity index (χ1v) is 6.14. The first kappa shape index (κ1) is 12.9. The van der Waals surface area contributed by atoms with Crippen molar-refractivity contribution in [1.82, 2.24) is 4.98 Å². The van der Waals surface area contributed by atoms with Crippen molar-refractivity contribution >= 4 is 11.6 Å². The van der Waals surface area contributed by atoms with Gasteiger partial charge in [0.2, 0.25) is 0 Å². The van der Waals surface area contributed by atoms with E-state index in [4.69, 9.17) is 16.3 Å². The van der Waals surface area contributed by atoms with Crippen LogP contribution in [-0.2, 0) is 0 Å². The second-order valence-electron chi connectivity index (χ2n) is 3.90. The molecule has 0 saturated carbocycles. The molecule has 0 aliphatic carbocycles. The number of benzene rings is 1. The zero-order valence-corrected chi connectivity index (χ0v) is 10.8. The SMILES string of the molecule is CC[C@@H](O)c1ccc(Oc2ccc(Cl)cc2)cn1. The molecular weight excluding hydrogens is 250 g/mol. The van der Waals surface area contributed by atoms with Gasteiger partial charge in [0.15, 0.2) is 0 Å². The summed E-state index contributed by atoms with van der Waals surface area (Å²) in [7, 11) is 0. The van der Waals surface area contributed by atoms with Crippen LogP contribution in [0, 0.1) is 0 Å². The Bertz CT molecular complexity index is 496. The van der Waals surface area contributed by atoms with E-state index in [-0.39, 0.29) is 0 Å². The van der Waals surface area contributed by atoms with Crippen molar-refractivity contribution in [3.63, 3.8) is 0 Å². The molecule has 3 nitrogen and oxygen atoms in total. The molecule has 94 valence electrons. The Morgan fingerprint density at radius 1 is 1.17 bits per heavy atom. The molecule has 0 bridgehead atoms. The van der Waals surface area contributed by atoms with Crippen LogP contribution in [0.3, 0.4) is 0 Å². The van der Waals surface area contributed by atoms with Crippen molar-refractivity contribution in [2.24, 2.45) is 0 Å². The van der Waals surface area contributed by atoms with Gasteiger partial charge in [-0.05, 0) is 42.8 Å². The number of aliphatic hydroxyl groups excluding tert-OH is 1. The number of hydrogen-bond acceptors (Lipinski definition) is 3. The minimum atomic E-state index is -0.519. The van der Waals surface area contributed by atoms with E-state index in [0.29, 0.717) is 28.6 Å². The zero-order chi connectivity index (χ0) is 13.0. The molecular formula is C14H14ClNO2. The fraction of sp³-hybridized carbons (Fsp3) is 0.214. The number of aromatic nitrogens is 1. The molecule has 0 unspecified atom stereocenters. The summed E-state index contributed by atoms with van der Waals surface area (Å²) in [4.78, 5) is 4.16. The van der Waals surface area contributed by atoms with E-state index in [1.165, 1.54) is 0 Å². The van der Waals surface area contributed by atoms with Crippen LogP contribution >= 0.6 is 11.6 Å². The number of nitrogens with zero attached hydrogens (tertiary/aromatic N) is 1. The van der Waals surface area contributed by atoms with Crippen LogP contribution in [0.5, 0.6) is 11.5 Å². The Labute approximate surface area is 111 Å². The van der Waals surface area contributed by atoms with Gasteiger partial charge in [-0.2, -0.15) is 0 Å². The molecule has 0 saturated heterocycles. The second-order valence-corrected chi connectivity index (χ2v) is 4.34. The minimum absolute atomic E-state index is 0.519. The number of pyridine rings is 1. The van der Waals surface area contributed by atoms with Crippen molar-refractivity contribution in [3.8, 4) is 11.5 Å². The minimum Gasteiger partial charge on any atom is -0.456 e. The molecule has 1 aromatic carbocycles. The number of hydrogen-bond donors (Lipinski definition) is 1. The molecule has 0 aliphatic rings. The van der Waals surface area contributed by atoms with Gasteiger partial charge >= 0.3 is 0 Å². The van der Waals surface area contributed by atoms with Gasteiger partial charge < -0.3 is 9.84 Å². The largest absolute Gasteiger partial charge is 0.456 e. The van der Waals surface area contributed by atoms with Crippen molar-refractivity contribution in [2.45, 2.75) is 19.4 Å². The van der Waals surface area contributed by atoms with Crippen LogP contribution in [-0.4, -0.2) is 10.1 Å². The van der Waals surface area contributed by atoms with E-state index in [1.54, 1.807) is 42.6 Å². The highest BCUT2D eigenvalue weighted by Crippen LogP contribution is 2.23. The summed E-state index contributed by atoms with van der Waals surface area (Å²) in [5.41, 5.74) is 0.654. The van der Waals surface area contributed by atoms with E-state index in [9.17, 15) is 5.11 Å². The first-order chi connectivity index (χ1) is 8.69. The quantitative estimate of drug-likeness (QED) is 0.908. The molecule has 0 fully saturated rings. The number of halogens is 1. The first-order valence-electron chi connectivity index (χ1n) is 5.76.